The number of rotatable bonds is 9. The summed E-state index contributed by atoms with van der Waals surface area (Å²) in [5.74, 6) is -0.241. The summed E-state index contributed by atoms with van der Waals surface area (Å²) in [6.45, 7) is 6.70. The van der Waals surface area contributed by atoms with Gasteiger partial charge in [-0.15, -0.1) is 0 Å². The summed E-state index contributed by atoms with van der Waals surface area (Å²) in [6, 6.07) is 11.9. The van der Waals surface area contributed by atoms with Crippen LogP contribution in [0.15, 0.2) is 48.5 Å². The molecule has 1 atom stereocenters. The Kier molecular flexibility index (Phi) is 8.37. The predicted octanol–water partition coefficient (Wildman–Crippen LogP) is 4.27. The van der Waals surface area contributed by atoms with E-state index in [0.717, 1.165) is 0 Å². The fraction of sp³-hybridized carbons (Fsp3) is 0.292. The summed E-state index contributed by atoms with van der Waals surface area (Å²) < 4.78 is 16.1. The summed E-state index contributed by atoms with van der Waals surface area (Å²) in [7, 11) is 1.54. The topological polar surface area (TPSA) is 90.9 Å². The Morgan fingerprint density at radius 3 is 2.35 bits per heavy atom. The fourth-order valence-electron chi connectivity index (χ4n) is 2.70. The number of carbonyl (C=O) groups is 3. The predicted molar refractivity (Wildman–Crippen MR) is 118 cm³/mol. The summed E-state index contributed by atoms with van der Waals surface area (Å²) in [4.78, 5) is 36.2. The second-order valence-electron chi connectivity index (χ2n) is 7.08. The lowest BCUT2D eigenvalue weighted by molar-refractivity contribution is -0.148. The second-order valence-corrected chi connectivity index (χ2v) is 7.08. The minimum atomic E-state index is -1.05. The number of hydrogen-bond donors (Lipinski definition) is 1. The Morgan fingerprint density at radius 2 is 1.71 bits per heavy atom. The molecule has 1 amide bonds. The van der Waals surface area contributed by atoms with Crippen molar-refractivity contribution < 1.29 is 28.6 Å². The van der Waals surface area contributed by atoms with Crippen molar-refractivity contribution >= 4 is 29.4 Å². The van der Waals surface area contributed by atoms with Crippen molar-refractivity contribution in [3.63, 3.8) is 0 Å². The largest absolute Gasteiger partial charge is 0.493 e. The molecular weight excluding hydrogens is 398 g/mol. The van der Waals surface area contributed by atoms with Gasteiger partial charge in [-0.25, -0.2) is 4.79 Å². The van der Waals surface area contributed by atoms with Crippen molar-refractivity contribution in [2.75, 3.05) is 12.4 Å². The summed E-state index contributed by atoms with van der Waals surface area (Å²) >= 11 is 0. The zero-order valence-corrected chi connectivity index (χ0v) is 18.3. The quantitative estimate of drug-likeness (QED) is 0.367. The van der Waals surface area contributed by atoms with Crippen molar-refractivity contribution in [1.29, 1.82) is 0 Å². The third-order valence-electron chi connectivity index (χ3n) is 4.19. The highest BCUT2D eigenvalue weighted by atomic mass is 16.5. The minimum Gasteiger partial charge on any atom is -0.493 e. The van der Waals surface area contributed by atoms with Crippen LogP contribution in [0.4, 0.5) is 5.69 Å². The van der Waals surface area contributed by atoms with Gasteiger partial charge in [0.2, 0.25) is 0 Å². The van der Waals surface area contributed by atoms with E-state index in [1.54, 1.807) is 48.5 Å². The van der Waals surface area contributed by atoms with Crippen molar-refractivity contribution in [3.8, 4) is 11.5 Å². The van der Waals surface area contributed by atoms with Gasteiger partial charge in [-0.3, -0.25) is 9.59 Å². The highest BCUT2D eigenvalue weighted by Crippen LogP contribution is 2.29. The molecule has 7 nitrogen and oxygen atoms in total. The Labute approximate surface area is 182 Å². The first-order valence-electron chi connectivity index (χ1n) is 9.85. The van der Waals surface area contributed by atoms with E-state index in [2.05, 4.69) is 5.32 Å². The van der Waals surface area contributed by atoms with E-state index in [1.807, 2.05) is 13.8 Å². The van der Waals surface area contributed by atoms with Crippen LogP contribution in [0.1, 0.15) is 43.6 Å². The molecule has 1 N–H and O–H groups in total. The van der Waals surface area contributed by atoms with Crippen LogP contribution >= 0.6 is 0 Å². The first-order valence-corrected chi connectivity index (χ1v) is 9.85. The molecule has 0 aromatic heterocycles. The van der Waals surface area contributed by atoms with Gasteiger partial charge < -0.3 is 19.5 Å². The number of para-hydroxylation sites is 1. The molecule has 164 valence electrons. The number of amides is 1. The lowest BCUT2D eigenvalue weighted by Gasteiger charge is -2.14. The van der Waals surface area contributed by atoms with Gasteiger partial charge >= 0.3 is 5.97 Å². The summed E-state index contributed by atoms with van der Waals surface area (Å²) in [5, 5.41) is 2.62. The standard InChI is InChI=1S/C24H27NO6/c1-15(2)30-21-12-10-18(14-22(21)29-5)11-13-23(27)31-17(4)24(28)25-20-9-7-6-8-19(20)16(3)26/h6-15,17H,1-5H3,(H,25,28)/b13-11+/t17-/m0/s1. The lowest BCUT2D eigenvalue weighted by Crippen LogP contribution is -2.30. The third-order valence-corrected chi connectivity index (χ3v) is 4.19. The van der Waals surface area contributed by atoms with Gasteiger partial charge in [-0.05, 0) is 63.6 Å². The minimum absolute atomic E-state index is 0.000292. The Morgan fingerprint density at radius 1 is 1.00 bits per heavy atom. The highest BCUT2D eigenvalue weighted by Gasteiger charge is 2.18. The van der Waals surface area contributed by atoms with Crippen LogP contribution < -0.4 is 14.8 Å². The number of benzene rings is 2. The maximum absolute atomic E-state index is 12.4. The molecule has 0 saturated carbocycles. The van der Waals surface area contributed by atoms with E-state index < -0.39 is 18.0 Å². The van der Waals surface area contributed by atoms with Gasteiger partial charge in [0.25, 0.3) is 5.91 Å². The van der Waals surface area contributed by atoms with Gasteiger partial charge in [0.15, 0.2) is 23.4 Å². The van der Waals surface area contributed by atoms with Crippen molar-refractivity contribution in [2.45, 2.75) is 39.9 Å². The zero-order chi connectivity index (χ0) is 23.0. The Balaban J connectivity index is 1.99. The van der Waals surface area contributed by atoms with Gasteiger partial charge in [0.1, 0.15) is 0 Å². The lowest BCUT2D eigenvalue weighted by atomic mass is 10.1. The van der Waals surface area contributed by atoms with Crippen molar-refractivity contribution in [2.24, 2.45) is 0 Å². The van der Waals surface area contributed by atoms with E-state index in [1.165, 1.54) is 27.0 Å². The molecule has 0 spiro atoms. The first-order chi connectivity index (χ1) is 14.7. The molecule has 0 aliphatic rings. The van der Waals surface area contributed by atoms with Gasteiger partial charge in [0, 0.05) is 11.6 Å². The maximum atomic E-state index is 12.4. The first kappa shape index (κ1) is 23.7. The molecule has 0 unspecified atom stereocenters. The number of Topliss-reactive ketones (excluding diaryl/α,β-unsaturated/α-hetero) is 1. The molecule has 2 rings (SSSR count). The summed E-state index contributed by atoms with van der Waals surface area (Å²) in [5.41, 5.74) is 1.46. The maximum Gasteiger partial charge on any atom is 0.331 e. The Hall–Kier alpha value is -3.61. The smallest absolute Gasteiger partial charge is 0.331 e. The number of nitrogens with one attached hydrogen (secondary N) is 1. The van der Waals surface area contributed by atoms with Crippen LogP contribution in [0.2, 0.25) is 0 Å². The molecule has 2 aromatic rings. The SMILES string of the molecule is COc1cc(/C=C/C(=O)O[C@@H](C)C(=O)Nc2ccccc2C(C)=O)ccc1OC(C)C. The molecule has 0 aliphatic heterocycles. The Bertz CT molecular complexity index is 980. The second kappa shape index (κ2) is 11.0. The summed E-state index contributed by atoms with van der Waals surface area (Å²) in [6.07, 6.45) is 1.74. The van der Waals surface area contributed by atoms with Crippen LogP contribution in [0.5, 0.6) is 11.5 Å². The van der Waals surface area contributed by atoms with Crippen LogP contribution in [0.25, 0.3) is 6.08 Å². The third kappa shape index (κ3) is 6.99. The number of esters is 1. The van der Waals surface area contributed by atoms with E-state index >= 15 is 0 Å². The van der Waals surface area contributed by atoms with Crippen molar-refractivity contribution in [1.82, 2.24) is 0 Å². The van der Waals surface area contributed by atoms with Crippen LogP contribution in [-0.4, -0.2) is 37.0 Å². The van der Waals surface area contributed by atoms with Gasteiger partial charge in [0.05, 0.1) is 18.9 Å². The monoisotopic (exact) mass is 425 g/mol. The van der Waals surface area contributed by atoms with Crippen LogP contribution in [0.3, 0.4) is 0 Å². The van der Waals surface area contributed by atoms with E-state index in [9.17, 15) is 14.4 Å². The highest BCUT2D eigenvalue weighted by molar-refractivity contribution is 6.05. The number of ether oxygens (including phenoxy) is 3. The molecule has 0 saturated heterocycles. The molecule has 2 aromatic carbocycles. The molecule has 0 radical (unpaired) electrons. The van der Waals surface area contributed by atoms with Gasteiger partial charge in [-0.2, -0.15) is 0 Å². The average molecular weight is 425 g/mol. The van der Waals surface area contributed by atoms with Crippen LogP contribution in [0, 0.1) is 0 Å². The van der Waals surface area contributed by atoms with E-state index in [0.29, 0.717) is 28.3 Å². The van der Waals surface area contributed by atoms with E-state index in [-0.39, 0.29) is 11.9 Å². The molecule has 0 heterocycles. The van der Waals surface area contributed by atoms with Crippen molar-refractivity contribution in [3.05, 3.63) is 59.7 Å². The molecule has 0 aliphatic carbocycles. The molecule has 0 fully saturated rings. The fourth-order valence-corrected chi connectivity index (χ4v) is 2.70. The number of carbonyl (C=O) groups excluding carboxylic acids is 3. The number of anilines is 1. The number of ketones is 1. The number of methoxy groups -OCH3 is 1. The average Bonchev–Trinajstić information content (AvgIpc) is 2.72. The zero-order valence-electron chi connectivity index (χ0n) is 18.3. The molecule has 7 heteroatoms. The normalized spacial score (nSPS) is 11.8. The molecule has 0 bridgehead atoms. The molecule has 31 heavy (non-hydrogen) atoms. The van der Waals surface area contributed by atoms with E-state index in [4.69, 9.17) is 14.2 Å². The van der Waals surface area contributed by atoms with Crippen LogP contribution in [-0.2, 0) is 14.3 Å². The molecular formula is C24H27NO6. The number of hydrogen-bond acceptors (Lipinski definition) is 6. The van der Waals surface area contributed by atoms with Gasteiger partial charge in [-0.1, -0.05) is 18.2 Å².